The van der Waals surface area contributed by atoms with Gasteiger partial charge in [0, 0.05) is 23.2 Å². The molecule has 0 saturated heterocycles. The highest BCUT2D eigenvalue weighted by atomic mass is 35.5. The van der Waals surface area contributed by atoms with Crippen molar-refractivity contribution in [3.63, 3.8) is 0 Å². The van der Waals surface area contributed by atoms with E-state index in [1.165, 1.54) is 6.20 Å². The molecule has 5 heteroatoms. The molecule has 1 aromatic carbocycles. The summed E-state index contributed by atoms with van der Waals surface area (Å²) < 4.78 is 0. The van der Waals surface area contributed by atoms with Crippen LogP contribution in [0.3, 0.4) is 0 Å². The highest BCUT2D eigenvalue weighted by Gasteiger charge is 2.11. The Labute approximate surface area is 109 Å². The molecule has 0 amide bonds. The number of carboxylic acid groups (broad SMARTS) is 1. The van der Waals surface area contributed by atoms with Gasteiger partial charge >= 0.3 is 5.97 Å². The molecule has 0 fully saturated rings. The van der Waals surface area contributed by atoms with Crippen molar-refractivity contribution >= 4 is 40.2 Å². The van der Waals surface area contributed by atoms with Crippen LogP contribution in [0.1, 0.15) is 10.4 Å². The zero-order chi connectivity index (χ0) is 11.8. The number of aromatic carboxylic acids is 1. The zero-order valence-corrected chi connectivity index (χ0v) is 10.0. The maximum Gasteiger partial charge on any atom is 0.337 e. The smallest absolute Gasteiger partial charge is 0.337 e. The molecule has 3 rings (SSSR count). The minimum Gasteiger partial charge on any atom is -0.478 e. The number of benzene rings is 1. The Morgan fingerprint density at radius 2 is 1.94 bits per heavy atom. The SMILES string of the molecule is Cl.O=C(O)c1cnc2cc3nccccc3cc12. The highest BCUT2D eigenvalue weighted by molar-refractivity contribution is 6.07. The first-order valence-electron chi connectivity index (χ1n) is 5.12. The van der Waals surface area contributed by atoms with E-state index in [0.717, 1.165) is 10.9 Å². The summed E-state index contributed by atoms with van der Waals surface area (Å²) >= 11 is 0. The Bertz CT molecular complexity index is 743. The van der Waals surface area contributed by atoms with Gasteiger partial charge in [-0.15, -0.1) is 12.4 Å². The summed E-state index contributed by atoms with van der Waals surface area (Å²) in [4.78, 5) is 19.4. The molecule has 0 spiro atoms. The van der Waals surface area contributed by atoms with E-state index in [4.69, 9.17) is 5.11 Å². The van der Waals surface area contributed by atoms with Gasteiger partial charge in [-0.3, -0.25) is 9.97 Å². The van der Waals surface area contributed by atoms with Gasteiger partial charge in [0.2, 0.25) is 0 Å². The predicted octanol–water partition coefficient (Wildman–Crippen LogP) is 2.90. The van der Waals surface area contributed by atoms with Crippen LogP contribution in [0, 0.1) is 0 Å². The maximum atomic E-state index is 11.0. The largest absolute Gasteiger partial charge is 0.478 e. The first kappa shape index (κ1) is 12.3. The van der Waals surface area contributed by atoms with Gasteiger partial charge in [-0.25, -0.2) is 4.79 Å². The number of fused-ring (bicyclic) bond motifs is 2. The van der Waals surface area contributed by atoms with Crippen molar-refractivity contribution < 1.29 is 9.90 Å². The van der Waals surface area contributed by atoms with E-state index in [1.807, 2.05) is 24.3 Å². The highest BCUT2D eigenvalue weighted by Crippen LogP contribution is 2.23. The molecule has 18 heavy (non-hydrogen) atoms. The van der Waals surface area contributed by atoms with Crippen molar-refractivity contribution in [3.8, 4) is 0 Å². The number of hydrogen-bond donors (Lipinski definition) is 1. The summed E-state index contributed by atoms with van der Waals surface area (Å²) in [6.45, 7) is 0. The number of hydrogen-bond acceptors (Lipinski definition) is 3. The van der Waals surface area contributed by atoms with E-state index in [1.54, 1.807) is 12.3 Å². The lowest BCUT2D eigenvalue weighted by molar-refractivity contribution is 0.0699. The normalized spacial score (nSPS) is 10.2. The third-order valence-electron chi connectivity index (χ3n) is 2.68. The second-order valence-corrected chi connectivity index (χ2v) is 3.73. The van der Waals surface area contributed by atoms with Crippen LogP contribution in [-0.4, -0.2) is 21.0 Å². The lowest BCUT2D eigenvalue weighted by atomic mass is 10.1. The van der Waals surface area contributed by atoms with E-state index in [0.29, 0.717) is 10.9 Å². The Morgan fingerprint density at radius 1 is 1.11 bits per heavy atom. The van der Waals surface area contributed by atoms with Crippen LogP contribution in [0.15, 0.2) is 42.7 Å². The molecule has 0 bridgehead atoms. The Kier molecular flexibility index (Phi) is 3.12. The minimum absolute atomic E-state index is 0. The standard InChI is InChI=1S/C13H8N2O2.ClH/c16-13(17)10-7-15-12-6-11-8(5-9(10)12)3-1-2-4-14-11;/h1-7H,(H,16,17);1H. The van der Waals surface area contributed by atoms with Gasteiger partial charge in [-0.05, 0) is 18.2 Å². The summed E-state index contributed by atoms with van der Waals surface area (Å²) in [5, 5.41) is 10.6. The Hall–Kier alpha value is -2.20. The molecule has 2 aromatic heterocycles. The molecule has 2 heterocycles. The lowest BCUT2D eigenvalue weighted by Gasteiger charge is -1.94. The molecule has 4 nitrogen and oxygen atoms in total. The van der Waals surface area contributed by atoms with E-state index < -0.39 is 5.97 Å². The topological polar surface area (TPSA) is 63.1 Å². The average Bonchev–Trinajstić information content (AvgIpc) is 2.57. The van der Waals surface area contributed by atoms with Gasteiger partial charge in [-0.2, -0.15) is 0 Å². The number of rotatable bonds is 1. The third-order valence-corrected chi connectivity index (χ3v) is 2.68. The second-order valence-electron chi connectivity index (χ2n) is 3.73. The van der Waals surface area contributed by atoms with Crippen molar-refractivity contribution in [3.05, 3.63) is 48.3 Å². The summed E-state index contributed by atoms with van der Waals surface area (Å²) in [6, 6.07) is 9.22. The van der Waals surface area contributed by atoms with Crippen molar-refractivity contribution in [1.82, 2.24) is 9.97 Å². The van der Waals surface area contributed by atoms with Crippen LogP contribution >= 0.6 is 12.4 Å². The van der Waals surface area contributed by atoms with Crippen LogP contribution in [0.4, 0.5) is 0 Å². The number of nitrogens with zero attached hydrogens (tertiary/aromatic N) is 2. The minimum atomic E-state index is -0.958. The Balaban J connectivity index is 0.00000120. The van der Waals surface area contributed by atoms with Gasteiger partial charge in [0.25, 0.3) is 0 Å². The summed E-state index contributed by atoms with van der Waals surface area (Å²) in [6.07, 6.45) is 3.08. The second kappa shape index (κ2) is 4.58. The van der Waals surface area contributed by atoms with E-state index in [2.05, 4.69) is 9.97 Å². The summed E-state index contributed by atoms with van der Waals surface area (Å²) in [5.41, 5.74) is 1.69. The van der Waals surface area contributed by atoms with Crippen LogP contribution in [0.2, 0.25) is 0 Å². The average molecular weight is 261 g/mol. The molecule has 0 unspecified atom stereocenters. The van der Waals surface area contributed by atoms with E-state index in [9.17, 15) is 4.79 Å². The van der Waals surface area contributed by atoms with Crippen molar-refractivity contribution in [2.24, 2.45) is 0 Å². The fraction of sp³-hybridized carbons (Fsp3) is 0. The number of carboxylic acids is 1. The first-order valence-corrected chi connectivity index (χ1v) is 5.12. The van der Waals surface area contributed by atoms with Gasteiger partial charge < -0.3 is 5.11 Å². The van der Waals surface area contributed by atoms with Crippen molar-refractivity contribution in [2.75, 3.05) is 0 Å². The first-order chi connectivity index (χ1) is 8.25. The molecule has 90 valence electrons. The number of halogens is 1. The third kappa shape index (κ3) is 1.87. The molecule has 0 radical (unpaired) electrons. The molecule has 0 saturated carbocycles. The Morgan fingerprint density at radius 3 is 2.72 bits per heavy atom. The number of carbonyl (C=O) groups is 1. The molecule has 1 N–H and O–H groups in total. The predicted molar refractivity (Wildman–Crippen MR) is 71.3 cm³/mol. The number of aromatic nitrogens is 2. The molecule has 0 aliphatic carbocycles. The maximum absolute atomic E-state index is 11.0. The fourth-order valence-corrected chi connectivity index (χ4v) is 1.87. The fourth-order valence-electron chi connectivity index (χ4n) is 1.87. The zero-order valence-electron chi connectivity index (χ0n) is 9.20. The molecule has 0 atom stereocenters. The van der Waals surface area contributed by atoms with Crippen molar-refractivity contribution in [2.45, 2.75) is 0 Å². The van der Waals surface area contributed by atoms with E-state index >= 15 is 0 Å². The van der Waals surface area contributed by atoms with Gasteiger partial charge in [0.05, 0.1) is 16.6 Å². The molecule has 3 aromatic rings. The molecular weight excluding hydrogens is 252 g/mol. The quantitative estimate of drug-likeness (QED) is 0.731. The lowest BCUT2D eigenvalue weighted by Crippen LogP contribution is -1.93. The molecular formula is C13H9ClN2O2. The van der Waals surface area contributed by atoms with Crippen LogP contribution < -0.4 is 0 Å². The van der Waals surface area contributed by atoms with Crippen LogP contribution in [0.5, 0.6) is 0 Å². The van der Waals surface area contributed by atoms with Gasteiger partial charge in [0.1, 0.15) is 0 Å². The van der Waals surface area contributed by atoms with Crippen molar-refractivity contribution in [1.29, 1.82) is 0 Å². The summed E-state index contributed by atoms with van der Waals surface area (Å²) in [5.74, 6) is -0.958. The molecule has 0 aliphatic heterocycles. The van der Waals surface area contributed by atoms with Gasteiger partial charge in [-0.1, -0.05) is 12.1 Å². The van der Waals surface area contributed by atoms with Crippen LogP contribution in [-0.2, 0) is 0 Å². The summed E-state index contributed by atoms with van der Waals surface area (Å²) in [7, 11) is 0. The monoisotopic (exact) mass is 260 g/mol. The van der Waals surface area contributed by atoms with E-state index in [-0.39, 0.29) is 18.0 Å². The molecule has 0 aliphatic rings. The van der Waals surface area contributed by atoms with Gasteiger partial charge in [0.15, 0.2) is 0 Å². The van der Waals surface area contributed by atoms with Crippen LogP contribution in [0.25, 0.3) is 21.8 Å².